The molecule has 1 unspecified atom stereocenters. The summed E-state index contributed by atoms with van der Waals surface area (Å²) in [6, 6.07) is 5.36. The molecule has 3 nitrogen and oxygen atoms in total. The topological polar surface area (TPSA) is 32.3 Å². The monoisotopic (exact) mass is 326 g/mol. The third kappa shape index (κ3) is 3.61. The Morgan fingerprint density at radius 1 is 1.27 bits per heavy atom. The minimum atomic E-state index is -0.412. The molecule has 1 aromatic rings. The number of halogens is 2. The Kier molecular flexibility index (Phi) is 5.81. The van der Waals surface area contributed by atoms with Crippen LogP contribution in [0.3, 0.4) is 0 Å². The lowest BCUT2D eigenvalue weighted by Gasteiger charge is -2.35. The molecule has 2 aliphatic rings. The van der Waals surface area contributed by atoms with Gasteiger partial charge in [-0.1, -0.05) is 11.6 Å². The van der Waals surface area contributed by atoms with Crippen molar-refractivity contribution in [3.05, 3.63) is 35.1 Å². The Bertz CT molecular complexity index is 523. The number of carbonyl (C=O) groups excluding carboxylic acids is 1. The quantitative estimate of drug-likeness (QED) is 0.905. The summed E-state index contributed by atoms with van der Waals surface area (Å²) in [6.45, 7) is 4.50. The Hall–Kier alpha value is -1.13. The molecule has 0 spiro atoms. The highest BCUT2D eigenvalue weighted by Crippen LogP contribution is 2.26. The molecule has 122 valence electrons. The van der Waals surface area contributed by atoms with E-state index in [0.29, 0.717) is 12.0 Å². The predicted octanol–water partition coefficient (Wildman–Crippen LogP) is 3.16. The van der Waals surface area contributed by atoms with E-state index in [9.17, 15) is 9.18 Å². The first-order valence-electron chi connectivity index (χ1n) is 7.94. The van der Waals surface area contributed by atoms with E-state index >= 15 is 0 Å². The maximum absolute atomic E-state index is 13.8. The number of nitrogens with zero attached hydrogens (tertiary/aromatic N) is 1. The molecule has 2 heterocycles. The van der Waals surface area contributed by atoms with E-state index in [-0.39, 0.29) is 23.9 Å². The van der Waals surface area contributed by atoms with Gasteiger partial charge in [0.1, 0.15) is 5.82 Å². The van der Waals surface area contributed by atoms with Crippen molar-refractivity contribution in [1.29, 1.82) is 0 Å². The molecule has 1 amide bonds. The van der Waals surface area contributed by atoms with Crippen molar-refractivity contribution in [2.75, 3.05) is 19.6 Å². The zero-order valence-corrected chi connectivity index (χ0v) is 13.8. The number of piperidine rings is 1. The summed E-state index contributed by atoms with van der Waals surface area (Å²) in [5, 5.41) is 3.56. The molecule has 5 heteroatoms. The highest BCUT2D eigenvalue weighted by Gasteiger charge is 2.30. The molecule has 2 fully saturated rings. The molecule has 0 aliphatic carbocycles. The van der Waals surface area contributed by atoms with Gasteiger partial charge in [0.15, 0.2) is 0 Å². The first kappa shape index (κ1) is 17.2. The SMILES string of the molecule is Cc1ccc(F)c(C(=O)N2CCC(C3CCCN3)CC2)c1.Cl. The molecule has 22 heavy (non-hydrogen) atoms. The van der Waals surface area contributed by atoms with E-state index in [0.717, 1.165) is 38.0 Å². The summed E-state index contributed by atoms with van der Waals surface area (Å²) in [5.74, 6) is 0.0955. The van der Waals surface area contributed by atoms with Gasteiger partial charge in [0.25, 0.3) is 5.91 Å². The lowest BCUT2D eigenvalue weighted by molar-refractivity contribution is 0.0669. The number of rotatable bonds is 2. The second-order valence-electron chi connectivity index (χ2n) is 6.32. The Labute approximate surface area is 137 Å². The number of hydrogen-bond acceptors (Lipinski definition) is 2. The van der Waals surface area contributed by atoms with E-state index in [1.165, 1.54) is 18.9 Å². The molecule has 2 saturated heterocycles. The number of benzene rings is 1. The summed E-state index contributed by atoms with van der Waals surface area (Å²) in [4.78, 5) is 14.3. The summed E-state index contributed by atoms with van der Waals surface area (Å²) < 4.78 is 13.8. The molecule has 0 bridgehead atoms. The van der Waals surface area contributed by atoms with Gasteiger partial charge in [0, 0.05) is 19.1 Å². The molecular weight excluding hydrogens is 303 g/mol. The van der Waals surface area contributed by atoms with Crippen LogP contribution in [0.4, 0.5) is 4.39 Å². The van der Waals surface area contributed by atoms with E-state index in [1.807, 2.05) is 11.8 Å². The normalized spacial score (nSPS) is 22.5. The summed E-state index contributed by atoms with van der Waals surface area (Å²) in [5.41, 5.74) is 1.14. The fraction of sp³-hybridized carbons (Fsp3) is 0.588. The number of hydrogen-bond donors (Lipinski definition) is 1. The number of aryl methyl sites for hydroxylation is 1. The zero-order chi connectivity index (χ0) is 14.8. The average Bonchev–Trinajstić information content (AvgIpc) is 3.03. The second kappa shape index (κ2) is 7.42. The lowest BCUT2D eigenvalue weighted by Crippen LogP contribution is -2.43. The number of carbonyl (C=O) groups is 1. The summed E-state index contributed by atoms with van der Waals surface area (Å²) >= 11 is 0. The minimum Gasteiger partial charge on any atom is -0.339 e. The summed E-state index contributed by atoms with van der Waals surface area (Å²) in [7, 11) is 0. The van der Waals surface area contributed by atoms with E-state index in [1.54, 1.807) is 12.1 Å². The Morgan fingerprint density at radius 2 is 2.00 bits per heavy atom. The first-order valence-corrected chi connectivity index (χ1v) is 7.94. The Balaban J connectivity index is 0.00000176. The molecule has 0 aromatic heterocycles. The van der Waals surface area contributed by atoms with Gasteiger partial charge in [-0.25, -0.2) is 4.39 Å². The molecular formula is C17H24ClFN2O. The van der Waals surface area contributed by atoms with Crippen molar-refractivity contribution in [2.24, 2.45) is 5.92 Å². The van der Waals surface area contributed by atoms with Gasteiger partial charge in [-0.15, -0.1) is 12.4 Å². The van der Waals surface area contributed by atoms with Crippen molar-refractivity contribution in [2.45, 2.75) is 38.6 Å². The average molecular weight is 327 g/mol. The van der Waals surface area contributed by atoms with Crippen molar-refractivity contribution in [1.82, 2.24) is 10.2 Å². The van der Waals surface area contributed by atoms with Crippen molar-refractivity contribution in [3.8, 4) is 0 Å². The molecule has 0 radical (unpaired) electrons. The lowest BCUT2D eigenvalue weighted by atomic mass is 9.88. The van der Waals surface area contributed by atoms with Gasteiger partial charge in [-0.05, 0) is 57.2 Å². The van der Waals surface area contributed by atoms with E-state index in [2.05, 4.69) is 5.32 Å². The third-order valence-corrected chi connectivity index (χ3v) is 4.85. The highest BCUT2D eigenvalue weighted by atomic mass is 35.5. The molecule has 1 atom stereocenters. The molecule has 3 rings (SSSR count). The van der Waals surface area contributed by atoms with Crippen LogP contribution in [-0.4, -0.2) is 36.5 Å². The molecule has 1 N–H and O–H groups in total. The van der Waals surface area contributed by atoms with Gasteiger partial charge in [0.05, 0.1) is 5.56 Å². The number of amides is 1. The van der Waals surface area contributed by atoms with Gasteiger partial charge in [-0.3, -0.25) is 4.79 Å². The maximum Gasteiger partial charge on any atom is 0.256 e. The van der Waals surface area contributed by atoms with Crippen LogP contribution in [0.1, 0.15) is 41.6 Å². The smallest absolute Gasteiger partial charge is 0.256 e. The van der Waals surface area contributed by atoms with Crippen molar-refractivity contribution < 1.29 is 9.18 Å². The largest absolute Gasteiger partial charge is 0.339 e. The Morgan fingerprint density at radius 3 is 2.64 bits per heavy atom. The standard InChI is InChI=1S/C17H23FN2O.ClH/c1-12-4-5-15(18)14(11-12)17(21)20-9-6-13(7-10-20)16-3-2-8-19-16;/h4-5,11,13,16,19H,2-3,6-10H2,1H3;1H. The maximum atomic E-state index is 13.8. The van der Waals surface area contributed by atoms with Gasteiger partial charge >= 0.3 is 0 Å². The highest BCUT2D eigenvalue weighted by molar-refractivity contribution is 5.94. The predicted molar refractivity (Wildman–Crippen MR) is 88.0 cm³/mol. The molecule has 2 aliphatic heterocycles. The van der Waals surface area contributed by atoms with Crippen LogP contribution in [0.15, 0.2) is 18.2 Å². The number of likely N-dealkylation sites (tertiary alicyclic amines) is 1. The van der Waals surface area contributed by atoms with Crippen LogP contribution >= 0.6 is 12.4 Å². The fourth-order valence-corrected chi connectivity index (χ4v) is 3.59. The van der Waals surface area contributed by atoms with Crippen LogP contribution in [0.25, 0.3) is 0 Å². The third-order valence-electron chi connectivity index (χ3n) is 4.85. The van der Waals surface area contributed by atoms with Crippen molar-refractivity contribution >= 4 is 18.3 Å². The van der Waals surface area contributed by atoms with Crippen LogP contribution in [0.5, 0.6) is 0 Å². The minimum absolute atomic E-state index is 0. The zero-order valence-electron chi connectivity index (χ0n) is 13.0. The second-order valence-corrected chi connectivity index (χ2v) is 6.32. The van der Waals surface area contributed by atoms with Gasteiger partial charge in [-0.2, -0.15) is 0 Å². The van der Waals surface area contributed by atoms with Gasteiger partial charge in [0.2, 0.25) is 0 Å². The van der Waals surface area contributed by atoms with Crippen LogP contribution in [0.2, 0.25) is 0 Å². The molecule has 1 aromatic carbocycles. The van der Waals surface area contributed by atoms with Gasteiger partial charge < -0.3 is 10.2 Å². The van der Waals surface area contributed by atoms with E-state index in [4.69, 9.17) is 0 Å². The van der Waals surface area contributed by atoms with Crippen molar-refractivity contribution in [3.63, 3.8) is 0 Å². The van der Waals surface area contributed by atoms with Crippen LogP contribution in [0, 0.1) is 18.7 Å². The van der Waals surface area contributed by atoms with E-state index < -0.39 is 5.82 Å². The fourth-order valence-electron chi connectivity index (χ4n) is 3.59. The molecule has 0 saturated carbocycles. The number of nitrogens with one attached hydrogen (secondary N) is 1. The van der Waals surface area contributed by atoms with Crippen LogP contribution in [-0.2, 0) is 0 Å². The first-order chi connectivity index (χ1) is 10.1. The summed E-state index contributed by atoms with van der Waals surface area (Å²) in [6.07, 6.45) is 4.57. The van der Waals surface area contributed by atoms with Crippen LogP contribution < -0.4 is 5.32 Å².